The monoisotopic (exact) mass is 458 g/mol. The van der Waals surface area contributed by atoms with Gasteiger partial charge in [-0.1, -0.05) is 37.3 Å². The summed E-state index contributed by atoms with van der Waals surface area (Å²) >= 11 is 1.39. The zero-order valence-electron chi connectivity index (χ0n) is 17.9. The largest absolute Gasteiger partial charge is 0.347 e. The highest BCUT2D eigenvalue weighted by Gasteiger charge is 2.10. The molecule has 0 aliphatic heterocycles. The Hall–Kier alpha value is -4.04. The molecule has 0 spiro atoms. The molecule has 7 nitrogen and oxygen atoms in total. The third-order valence-electron chi connectivity index (χ3n) is 4.96. The average molecular weight is 459 g/mol. The summed E-state index contributed by atoms with van der Waals surface area (Å²) in [7, 11) is 0. The molecule has 4 rings (SSSR count). The molecule has 8 heteroatoms. The second-order valence-electron chi connectivity index (χ2n) is 7.33. The van der Waals surface area contributed by atoms with Gasteiger partial charge in [0.05, 0.1) is 4.88 Å². The first kappa shape index (κ1) is 22.2. The number of carbonyl (C=O) groups excluding carboxylic acids is 2. The van der Waals surface area contributed by atoms with Gasteiger partial charge < -0.3 is 15.6 Å². The van der Waals surface area contributed by atoms with Crippen molar-refractivity contribution in [3.63, 3.8) is 0 Å². The number of hydrogen-bond acceptors (Lipinski definition) is 5. The molecular formula is C25H22N4O3S. The number of benzene rings is 2. The minimum absolute atomic E-state index is 0.119. The first-order chi connectivity index (χ1) is 16.0. The normalized spacial score (nSPS) is 10.6. The van der Waals surface area contributed by atoms with Crippen molar-refractivity contribution in [2.45, 2.75) is 19.9 Å². The number of H-pyrrole nitrogens is 1. The van der Waals surface area contributed by atoms with Crippen molar-refractivity contribution in [2.75, 3.05) is 5.32 Å². The standard InChI is InChI=1S/C25H22N4O3S/c1-2-19-14-22(30)29-23(27-19)18-5-3-6-20(13-18)28-24(31)17-10-8-16(9-11-17)15-26-25(32)21-7-4-12-33-21/h3-14H,2,15H2,1H3,(H,26,32)(H,28,31)(H,27,29,30). The molecule has 2 heterocycles. The number of aromatic amines is 1. The maximum absolute atomic E-state index is 12.7. The maximum atomic E-state index is 12.7. The summed E-state index contributed by atoms with van der Waals surface area (Å²) in [5.41, 5.74) is 3.18. The number of aromatic nitrogens is 2. The van der Waals surface area contributed by atoms with E-state index in [0.29, 0.717) is 46.2 Å². The second kappa shape index (κ2) is 10.1. The number of hydrogen-bond donors (Lipinski definition) is 3. The molecule has 2 amide bonds. The maximum Gasteiger partial charge on any atom is 0.261 e. The lowest BCUT2D eigenvalue weighted by Gasteiger charge is -2.09. The Morgan fingerprint density at radius 3 is 2.55 bits per heavy atom. The number of nitrogens with zero attached hydrogens (tertiary/aromatic N) is 1. The fourth-order valence-corrected chi connectivity index (χ4v) is 3.86. The number of amides is 2. The molecule has 33 heavy (non-hydrogen) atoms. The number of nitrogens with one attached hydrogen (secondary N) is 3. The summed E-state index contributed by atoms with van der Waals surface area (Å²) in [6, 6.07) is 19.3. The van der Waals surface area contributed by atoms with E-state index in [0.717, 1.165) is 5.56 Å². The zero-order chi connectivity index (χ0) is 23.2. The summed E-state index contributed by atoms with van der Waals surface area (Å²) in [5.74, 6) is 0.0847. The van der Waals surface area contributed by atoms with E-state index >= 15 is 0 Å². The van der Waals surface area contributed by atoms with Crippen molar-refractivity contribution in [3.05, 3.63) is 104 Å². The Morgan fingerprint density at radius 2 is 1.82 bits per heavy atom. The van der Waals surface area contributed by atoms with Crippen molar-refractivity contribution in [1.29, 1.82) is 0 Å². The summed E-state index contributed by atoms with van der Waals surface area (Å²) in [5, 5.41) is 7.59. The Morgan fingerprint density at radius 1 is 1.00 bits per heavy atom. The van der Waals surface area contributed by atoms with Gasteiger partial charge in [-0.3, -0.25) is 14.4 Å². The van der Waals surface area contributed by atoms with E-state index in [1.54, 1.807) is 36.4 Å². The molecule has 2 aromatic carbocycles. The third kappa shape index (κ3) is 5.61. The third-order valence-corrected chi connectivity index (χ3v) is 5.83. The van der Waals surface area contributed by atoms with Crippen LogP contribution in [0.25, 0.3) is 11.4 Å². The van der Waals surface area contributed by atoms with E-state index < -0.39 is 0 Å². The van der Waals surface area contributed by atoms with Crippen LogP contribution in [0.3, 0.4) is 0 Å². The van der Waals surface area contributed by atoms with Crippen molar-refractivity contribution in [1.82, 2.24) is 15.3 Å². The van der Waals surface area contributed by atoms with Crippen LogP contribution in [0, 0.1) is 0 Å². The molecule has 0 fully saturated rings. The van der Waals surface area contributed by atoms with Gasteiger partial charge in [0.2, 0.25) is 0 Å². The van der Waals surface area contributed by atoms with Crippen LogP contribution in [0.15, 0.2) is 76.9 Å². The highest BCUT2D eigenvalue weighted by molar-refractivity contribution is 7.12. The van der Waals surface area contributed by atoms with Crippen LogP contribution in [-0.4, -0.2) is 21.8 Å². The fraction of sp³-hybridized carbons (Fsp3) is 0.120. The smallest absolute Gasteiger partial charge is 0.261 e. The van der Waals surface area contributed by atoms with Gasteiger partial charge in [-0.15, -0.1) is 11.3 Å². The minimum Gasteiger partial charge on any atom is -0.347 e. The van der Waals surface area contributed by atoms with Gasteiger partial charge in [0.1, 0.15) is 5.82 Å². The number of aryl methyl sites for hydroxylation is 1. The Balaban J connectivity index is 1.41. The van der Waals surface area contributed by atoms with Crippen molar-refractivity contribution >= 4 is 28.8 Å². The molecule has 166 valence electrons. The Labute approximate surface area is 194 Å². The first-order valence-electron chi connectivity index (χ1n) is 10.4. The lowest BCUT2D eigenvalue weighted by atomic mass is 10.1. The SMILES string of the molecule is CCc1cc(=O)[nH]c(-c2cccc(NC(=O)c3ccc(CNC(=O)c4cccs4)cc3)c2)n1. The van der Waals surface area contributed by atoms with Crippen LogP contribution in [0.2, 0.25) is 0 Å². The van der Waals surface area contributed by atoms with Gasteiger partial charge in [0, 0.05) is 35.1 Å². The van der Waals surface area contributed by atoms with Crippen LogP contribution >= 0.6 is 11.3 Å². The number of anilines is 1. The van der Waals surface area contributed by atoms with Gasteiger partial charge in [-0.2, -0.15) is 0 Å². The Kier molecular flexibility index (Phi) is 6.75. The van der Waals surface area contributed by atoms with Crippen LogP contribution in [0.1, 0.15) is 38.2 Å². The van der Waals surface area contributed by atoms with Gasteiger partial charge in [0.25, 0.3) is 17.4 Å². The summed E-state index contributed by atoms with van der Waals surface area (Å²) in [6.07, 6.45) is 0.654. The molecule has 4 aromatic rings. The zero-order valence-corrected chi connectivity index (χ0v) is 18.7. The summed E-state index contributed by atoms with van der Waals surface area (Å²) < 4.78 is 0. The van der Waals surface area contributed by atoms with Crippen molar-refractivity contribution < 1.29 is 9.59 Å². The summed E-state index contributed by atoms with van der Waals surface area (Å²) in [4.78, 5) is 44.5. The number of thiophene rings is 1. The van der Waals surface area contributed by atoms with E-state index in [9.17, 15) is 14.4 Å². The van der Waals surface area contributed by atoms with Crippen LogP contribution in [-0.2, 0) is 13.0 Å². The quantitative estimate of drug-likeness (QED) is 0.385. The molecule has 0 saturated carbocycles. The molecule has 0 aliphatic carbocycles. The molecule has 0 bridgehead atoms. The molecule has 0 saturated heterocycles. The molecule has 0 unspecified atom stereocenters. The lowest BCUT2D eigenvalue weighted by Crippen LogP contribution is -2.21. The highest BCUT2D eigenvalue weighted by atomic mass is 32.1. The first-order valence-corrected chi connectivity index (χ1v) is 11.3. The van der Waals surface area contributed by atoms with Gasteiger partial charge in [-0.25, -0.2) is 4.98 Å². The number of rotatable bonds is 7. The lowest BCUT2D eigenvalue weighted by molar-refractivity contribution is 0.0953. The number of carbonyl (C=O) groups is 2. The molecule has 3 N–H and O–H groups in total. The van der Waals surface area contributed by atoms with Crippen LogP contribution < -0.4 is 16.2 Å². The van der Waals surface area contributed by atoms with E-state index in [2.05, 4.69) is 20.6 Å². The van der Waals surface area contributed by atoms with Crippen LogP contribution in [0.4, 0.5) is 5.69 Å². The van der Waals surface area contributed by atoms with E-state index in [4.69, 9.17) is 0 Å². The van der Waals surface area contributed by atoms with E-state index in [1.165, 1.54) is 17.4 Å². The highest BCUT2D eigenvalue weighted by Crippen LogP contribution is 2.20. The molecular weight excluding hydrogens is 436 g/mol. The molecule has 0 radical (unpaired) electrons. The predicted molar refractivity (Wildman–Crippen MR) is 130 cm³/mol. The Bertz CT molecular complexity index is 1330. The van der Waals surface area contributed by atoms with Gasteiger partial charge >= 0.3 is 0 Å². The predicted octanol–water partition coefficient (Wildman–Crippen LogP) is 4.24. The van der Waals surface area contributed by atoms with Gasteiger partial charge in [-0.05, 0) is 47.7 Å². The molecule has 0 atom stereocenters. The van der Waals surface area contributed by atoms with Gasteiger partial charge in [0.15, 0.2) is 0 Å². The molecule has 2 aromatic heterocycles. The summed E-state index contributed by atoms with van der Waals surface area (Å²) in [6.45, 7) is 2.31. The van der Waals surface area contributed by atoms with Crippen molar-refractivity contribution in [2.24, 2.45) is 0 Å². The minimum atomic E-state index is -0.259. The molecule has 0 aliphatic rings. The fourth-order valence-electron chi connectivity index (χ4n) is 3.22. The van der Waals surface area contributed by atoms with Crippen molar-refractivity contribution in [3.8, 4) is 11.4 Å². The second-order valence-corrected chi connectivity index (χ2v) is 8.28. The topological polar surface area (TPSA) is 104 Å². The van der Waals surface area contributed by atoms with E-state index in [-0.39, 0.29) is 17.4 Å². The average Bonchev–Trinajstić information content (AvgIpc) is 3.38. The van der Waals surface area contributed by atoms with E-state index in [1.807, 2.05) is 36.6 Å². The van der Waals surface area contributed by atoms with Crippen LogP contribution in [0.5, 0.6) is 0 Å².